The molecule has 0 spiro atoms. The zero-order chi connectivity index (χ0) is 15.5. The number of benzene rings is 1. The topological polar surface area (TPSA) is 54.9 Å². The van der Waals surface area contributed by atoms with Crippen molar-refractivity contribution in [3.63, 3.8) is 0 Å². The number of hydrogen-bond donors (Lipinski definition) is 2. The molecule has 0 saturated carbocycles. The Morgan fingerprint density at radius 3 is 2.67 bits per heavy atom. The first kappa shape index (κ1) is 17.3. The van der Waals surface area contributed by atoms with E-state index in [4.69, 9.17) is 9.47 Å². The first-order valence-corrected chi connectivity index (χ1v) is 7.35. The van der Waals surface area contributed by atoms with Gasteiger partial charge in [0.2, 0.25) is 0 Å². The van der Waals surface area contributed by atoms with Gasteiger partial charge in [0.1, 0.15) is 5.75 Å². The van der Waals surface area contributed by atoms with Crippen LogP contribution in [0.5, 0.6) is 5.75 Å². The molecule has 0 amide bonds. The van der Waals surface area contributed by atoms with Crippen LogP contribution in [-0.4, -0.2) is 39.9 Å². The van der Waals surface area contributed by atoms with Crippen LogP contribution in [0.3, 0.4) is 0 Å². The smallest absolute Gasteiger partial charge is 0.191 e. The predicted octanol–water partition coefficient (Wildman–Crippen LogP) is 2.10. The number of aryl methyl sites for hydroxylation is 1. The summed E-state index contributed by atoms with van der Waals surface area (Å²) in [6, 6.07) is 6.16. The standard InChI is InChI=1S/C16H27N3O2/c1-5-17-16(18-7-6-8-20-3)19-12-14-9-13(2)10-15(11-14)21-4/h9-11H,5-8,12H2,1-4H3,(H2,17,18,19). The van der Waals surface area contributed by atoms with Crippen LogP contribution in [-0.2, 0) is 11.3 Å². The highest BCUT2D eigenvalue weighted by Gasteiger charge is 2.00. The molecule has 0 atom stereocenters. The molecule has 118 valence electrons. The zero-order valence-corrected chi connectivity index (χ0v) is 13.5. The minimum atomic E-state index is 0.623. The number of rotatable bonds is 8. The third-order valence-electron chi connectivity index (χ3n) is 2.93. The highest BCUT2D eigenvalue weighted by Crippen LogP contribution is 2.16. The molecule has 1 rings (SSSR count). The summed E-state index contributed by atoms with van der Waals surface area (Å²) < 4.78 is 10.3. The van der Waals surface area contributed by atoms with Crippen molar-refractivity contribution in [2.24, 2.45) is 4.99 Å². The molecule has 0 bridgehead atoms. The van der Waals surface area contributed by atoms with Crippen LogP contribution < -0.4 is 15.4 Å². The Labute approximate surface area is 127 Å². The lowest BCUT2D eigenvalue weighted by Gasteiger charge is -2.11. The molecular formula is C16H27N3O2. The van der Waals surface area contributed by atoms with Crippen molar-refractivity contribution in [3.8, 4) is 5.75 Å². The summed E-state index contributed by atoms with van der Waals surface area (Å²) in [4.78, 5) is 4.60. The Morgan fingerprint density at radius 2 is 2.00 bits per heavy atom. The molecule has 0 heterocycles. The maximum atomic E-state index is 5.29. The van der Waals surface area contributed by atoms with Gasteiger partial charge in [-0.3, -0.25) is 0 Å². The zero-order valence-electron chi connectivity index (χ0n) is 13.5. The summed E-state index contributed by atoms with van der Waals surface area (Å²) >= 11 is 0. The summed E-state index contributed by atoms with van der Waals surface area (Å²) in [7, 11) is 3.40. The molecule has 1 aromatic carbocycles. The number of nitrogens with one attached hydrogen (secondary N) is 2. The lowest BCUT2D eigenvalue weighted by molar-refractivity contribution is 0.195. The largest absolute Gasteiger partial charge is 0.497 e. The van der Waals surface area contributed by atoms with Crippen LogP contribution in [0.4, 0.5) is 0 Å². The third kappa shape index (κ3) is 6.99. The monoisotopic (exact) mass is 293 g/mol. The number of guanidine groups is 1. The first-order chi connectivity index (χ1) is 10.2. The van der Waals surface area contributed by atoms with Crippen molar-refractivity contribution in [3.05, 3.63) is 29.3 Å². The molecule has 0 unspecified atom stereocenters. The summed E-state index contributed by atoms with van der Waals surface area (Å²) in [5, 5.41) is 6.54. The van der Waals surface area contributed by atoms with Gasteiger partial charge in [0.25, 0.3) is 0 Å². The highest BCUT2D eigenvalue weighted by atomic mass is 16.5. The Hall–Kier alpha value is -1.75. The summed E-state index contributed by atoms with van der Waals surface area (Å²) in [6.45, 7) is 7.18. The Bertz CT molecular complexity index is 447. The molecule has 0 radical (unpaired) electrons. The molecule has 5 heteroatoms. The molecule has 0 aliphatic carbocycles. The normalized spacial score (nSPS) is 11.3. The lowest BCUT2D eigenvalue weighted by atomic mass is 10.1. The minimum Gasteiger partial charge on any atom is -0.497 e. The minimum absolute atomic E-state index is 0.623. The average molecular weight is 293 g/mol. The van der Waals surface area contributed by atoms with Crippen molar-refractivity contribution in [1.29, 1.82) is 0 Å². The van der Waals surface area contributed by atoms with E-state index in [1.165, 1.54) is 5.56 Å². The Balaban J connectivity index is 2.61. The molecular weight excluding hydrogens is 266 g/mol. The van der Waals surface area contributed by atoms with E-state index in [1.54, 1.807) is 14.2 Å². The summed E-state index contributed by atoms with van der Waals surface area (Å²) in [5.74, 6) is 1.70. The molecule has 0 aliphatic rings. The van der Waals surface area contributed by atoms with Crippen molar-refractivity contribution in [2.75, 3.05) is 33.9 Å². The van der Waals surface area contributed by atoms with Crippen molar-refractivity contribution in [1.82, 2.24) is 10.6 Å². The van der Waals surface area contributed by atoms with Gasteiger partial charge in [-0.1, -0.05) is 6.07 Å². The van der Waals surface area contributed by atoms with Gasteiger partial charge in [-0.25, -0.2) is 4.99 Å². The maximum absolute atomic E-state index is 5.29. The Kier molecular flexibility index (Phi) is 8.28. The van der Waals surface area contributed by atoms with Crippen LogP contribution in [0.1, 0.15) is 24.5 Å². The van der Waals surface area contributed by atoms with E-state index in [2.05, 4.69) is 35.5 Å². The van der Waals surface area contributed by atoms with Gasteiger partial charge in [-0.05, 0) is 43.5 Å². The SMILES string of the molecule is CCNC(=NCc1cc(C)cc(OC)c1)NCCCOC. The molecule has 21 heavy (non-hydrogen) atoms. The van der Waals surface area contributed by atoms with E-state index < -0.39 is 0 Å². The first-order valence-electron chi connectivity index (χ1n) is 7.35. The second-order valence-corrected chi connectivity index (χ2v) is 4.83. The number of hydrogen-bond acceptors (Lipinski definition) is 3. The van der Waals surface area contributed by atoms with Gasteiger partial charge in [-0.15, -0.1) is 0 Å². The number of nitrogens with zero attached hydrogens (tertiary/aromatic N) is 1. The molecule has 0 aliphatic heterocycles. The van der Waals surface area contributed by atoms with Crippen LogP contribution in [0, 0.1) is 6.92 Å². The van der Waals surface area contributed by atoms with Gasteiger partial charge in [0, 0.05) is 26.8 Å². The molecule has 2 N–H and O–H groups in total. The highest BCUT2D eigenvalue weighted by molar-refractivity contribution is 5.79. The average Bonchev–Trinajstić information content (AvgIpc) is 2.48. The molecule has 0 aromatic heterocycles. The van der Waals surface area contributed by atoms with Gasteiger partial charge >= 0.3 is 0 Å². The second kappa shape index (κ2) is 10.0. The van der Waals surface area contributed by atoms with Gasteiger partial charge in [-0.2, -0.15) is 0 Å². The van der Waals surface area contributed by atoms with E-state index in [-0.39, 0.29) is 0 Å². The number of methoxy groups -OCH3 is 2. The van der Waals surface area contributed by atoms with Crippen LogP contribution >= 0.6 is 0 Å². The summed E-state index contributed by atoms with van der Waals surface area (Å²) in [5.41, 5.74) is 2.32. The van der Waals surface area contributed by atoms with Crippen LogP contribution in [0.2, 0.25) is 0 Å². The molecule has 0 saturated heterocycles. The fourth-order valence-corrected chi connectivity index (χ4v) is 1.97. The number of ether oxygens (including phenoxy) is 2. The van der Waals surface area contributed by atoms with E-state index in [0.717, 1.165) is 43.4 Å². The molecule has 1 aromatic rings. The van der Waals surface area contributed by atoms with Crippen molar-refractivity contribution >= 4 is 5.96 Å². The van der Waals surface area contributed by atoms with E-state index in [0.29, 0.717) is 6.54 Å². The van der Waals surface area contributed by atoms with Crippen LogP contribution in [0.25, 0.3) is 0 Å². The molecule has 0 fully saturated rings. The maximum Gasteiger partial charge on any atom is 0.191 e. The fourth-order valence-electron chi connectivity index (χ4n) is 1.97. The van der Waals surface area contributed by atoms with E-state index in [1.807, 2.05) is 12.1 Å². The van der Waals surface area contributed by atoms with Gasteiger partial charge in [0.15, 0.2) is 5.96 Å². The quantitative estimate of drug-likeness (QED) is 0.438. The van der Waals surface area contributed by atoms with Crippen LogP contribution in [0.15, 0.2) is 23.2 Å². The fraction of sp³-hybridized carbons (Fsp3) is 0.562. The van der Waals surface area contributed by atoms with Gasteiger partial charge < -0.3 is 20.1 Å². The Morgan fingerprint density at radius 1 is 1.19 bits per heavy atom. The summed E-state index contributed by atoms with van der Waals surface area (Å²) in [6.07, 6.45) is 0.958. The number of aliphatic imine (C=N–C) groups is 1. The van der Waals surface area contributed by atoms with Crippen molar-refractivity contribution < 1.29 is 9.47 Å². The predicted molar refractivity (Wildman–Crippen MR) is 87.0 cm³/mol. The third-order valence-corrected chi connectivity index (χ3v) is 2.93. The van der Waals surface area contributed by atoms with E-state index in [9.17, 15) is 0 Å². The van der Waals surface area contributed by atoms with E-state index >= 15 is 0 Å². The second-order valence-electron chi connectivity index (χ2n) is 4.83. The molecule has 5 nitrogen and oxygen atoms in total. The van der Waals surface area contributed by atoms with Gasteiger partial charge in [0.05, 0.1) is 13.7 Å². The lowest BCUT2D eigenvalue weighted by Crippen LogP contribution is -2.38. The van der Waals surface area contributed by atoms with Crippen molar-refractivity contribution in [2.45, 2.75) is 26.8 Å².